The fraction of sp³-hybridized carbons (Fsp3) is 0.250. The molecule has 1 aromatic carbocycles. The molecule has 0 bridgehead atoms. The van der Waals surface area contributed by atoms with Crippen LogP contribution in [0.1, 0.15) is 34.5 Å². The minimum absolute atomic E-state index is 0.0944. The predicted octanol–water partition coefficient (Wildman–Crippen LogP) is 2.70. The second-order valence-corrected chi connectivity index (χ2v) is 4.78. The summed E-state index contributed by atoms with van der Waals surface area (Å²) in [5, 5.41) is 11.3. The van der Waals surface area contributed by atoms with E-state index in [0.29, 0.717) is 12.2 Å². The van der Waals surface area contributed by atoms with Crippen molar-refractivity contribution in [1.82, 2.24) is 5.32 Å². The number of halogens is 1. The molecular weight excluding hydrogens is 305 g/mol. The van der Waals surface area contributed by atoms with Crippen LogP contribution in [0.3, 0.4) is 0 Å². The number of hydrogen-bond acceptors (Lipinski definition) is 4. The maximum Gasteiger partial charge on any atom is 0.371 e. The van der Waals surface area contributed by atoms with Gasteiger partial charge in [0, 0.05) is 6.07 Å². The minimum atomic E-state index is -1.25. The molecule has 2 N–H and O–H groups in total. The first-order valence-corrected chi connectivity index (χ1v) is 7.03. The fourth-order valence-electron chi connectivity index (χ4n) is 1.87. The summed E-state index contributed by atoms with van der Waals surface area (Å²) in [6, 6.07) is 8.22. The first kappa shape index (κ1) is 16.5. The van der Waals surface area contributed by atoms with Crippen molar-refractivity contribution in [3.63, 3.8) is 0 Å². The zero-order chi connectivity index (χ0) is 16.8. The Labute approximate surface area is 131 Å². The summed E-state index contributed by atoms with van der Waals surface area (Å²) in [6.45, 7) is 2.04. The highest BCUT2D eigenvalue weighted by Gasteiger charge is 2.16. The van der Waals surface area contributed by atoms with Crippen LogP contribution in [0, 0.1) is 5.82 Å². The van der Waals surface area contributed by atoms with Gasteiger partial charge in [-0.2, -0.15) is 0 Å². The van der Waals surface area contributed by atoms with Gasteiger partial charge >= 0.3 is 5.97 Å². The molecule has 23 heavy (non-hydrogen) atoms. The van der Waals surface area contributed by atoms with Gasteiger partial charge in [0.05, 0.1) is 6.54 Å². The van der Waals surface area contributed by atoms with Crippen molar-refractivity contribution in [2.45, 2.75) is 19.4 Å². The number of furan rings is 1. The van der Waals surface area contributed by atoms with Crippen molar-refractivity contribution in [2.75, 3.05) is 6.54 Å². The lowest BCUT2D eigenvalue weighted by molar-refractivity contribution is 0.0659. The highest BCUT2D eigenvalue weighted by molar-refractivity contribution is 5.93. The van der Waals surface area contributed by atoms with Gasteiger partial charge in [0.15, 0.2) is 5.76 Å². The molecule has 0 aliphatic rings. The second-order valence-electron chi connectivity index (χ2n) is 4.78. The van der Waals surface area contributed by atoms with Crippen molar-refractivity contribution in [3.05, 3.63) is 53.7 Å². The summed E-state index contributed by atoms with van der Waals surface area (Å²) < 4.78 is 23.6. The number of nitrogens with one attached hydrogen (secondary N) is 1. The maximum absolute atomic E-state index is 13.1. The average Bonchev–Trinajstić information content (AvgIpc) is 3.01. The standard InChI is InChI=1S/C16H16FNO5/c1-2-11(22-12-5-3-4-10(17)8-12)9-18-15(19)13-6-7-14(23-13)16(20)21/h3-8,11H,2,9H2,1H3,(H,18,19)(H,20,21). The molecule has 0 saturated carbocycles. The van der Waals surface area contributed by atoms with Crippen LogP contribution < -0.4 is 10.1 Å². The van der Waals surface area contributed by atoms with E-state index >= 15 is 0 Å². The molecular formula is C16H16FNO5. The Morgan fingerprint density at radius 1 is 1.30 bits per heavy atom. The summed E-state index contributed by atoms with van der Waals surface area (Å²) in [6.07, 6.45) is 0.240. The number of aromatic carboxylic acids is 1. The smallest absolute Gasteiger partial charge is 0.371 e. The van der Waals surface area contributed by atoms with Crippen LogP contribution in [-0.2, 0) is 0 Å². The van der Waals surface area contributed by atoms with Gasteiger partial charge in [-0.25, -0.2) is 9.18 Å². The zero-order valence-corrected chi connectivity index (χ0v) is 12.4. The third-order valence-electron chi connectivity index (χ3n) is 3.09. The molecule has 0 saturated heterocycles. The van der Waals surface area contributed by atoms with E-state index in [-0.39, 0.29) is 24.2 Å². The first-order valence-electron chi connectivity index (χ1n) is 7.03. The summed E-state index contributed by atoms with van der Waals surface area (Å²) in [5.74, 6) is -2.22. The summed E-state index contributed by atoms with van der Waals surface area (Å²) in [7, 11) is 0. The Balaban J connectivity index is 1.91. The molecule has 2 rings (SSSR count). The first-order chi connectivity index (χ1) is 11.0. The quantitative estimate of drug-likeness (QED) is 0.818. The maximum atomic E-state index is 13.1. The average molecular weight is 321 g/mol. The van der Waals surface area contributed by atoms with E-state index in [1.54, 1.807) is 6.07 Å². The lowest BCUT2D eigenvalue weighted by Gasteiger charge is -2.17. The van der Waals surface area contributed by atoms with Crippen molar-refractivity contribution < 1.29 is 28.2 Å². The van der Waals surface area contributed by atoms with Crippen molar-refractivity contribution in [2.24, 2.45) is 0 Å². The molecule has 0 spiro atoms. The Morgan fingerprint density at radius 3 is 2.65 bits per heavy atom. The molecule has 7 heteroatoms. The van der Waals surface area contributed by atoms with Gasteiger partial charge in [0.2, 0.25) is 5.76 Å². The Hall–Kier alpha value is -2.83. The molecule has 0 aliphatic carbocycles. The van der Waals surface area contributed by atoms with Crippen LogP contribution in [-0.4, -0.2) is 29.6 Å². The SMILES string of the molecule is CCC(CNC(=O)c1ccc(C(=O)O)o1)Oc1cccc(F)c1. The largest absolute Gasteiger partial charge is 0.489 e. The van der Waals surface area contributed by atoms with Gasteiger partial charge < -0.3 is 19.6 Å². The molecule has 0 fully saturated rings. The number of carboxylic acid groups (broad SMARTS) is 1. The number of rotatable bonds is 7. The minimum Gasteiger partial charge on any atom is -0.489 e. The van der Waals surface area contributed by atoms with E-state index in [2.05, 4.69) is 5.32 Å². The fourth-order valence-corrected chi connectivity index (χ4v) is 1.87. The van der Waals surface area contributed by atoms with E-state index in [1.807, 2.05) is 6.92 Å². The molecule has 2 aromatic rings. The molecule has 6 nitrogen and oxygen atoms in total. The summed E-state index contributed by atoms with van der Waals surface area (Å²) in [4.78, 5) is 22.6. The normalized spacial score (nSPS) is 11.7. The third-order valence-corrected chi connectivity index (χ3v) is 3.09. The van der Waals surface area contributed by atoms with Gasteiger partial charge in [0.25, 0.3) is 5.91 Å². The van der Waals surface area contributed by atoms with Crippen LogP contribution in [0.4, 0.5) is 4.39 Å². The predicted molar refractivity (Wildman–Crippen MR) is 79.1 cm³/mol. The summed E-state index contributed by atoms with van der Waals surface area (Å²) >= 11 is 0. The Kier molecular flexibility index (Phi) is 5.35. The highest BCUT2D eigenvalue weighted by atomic mass is 19.1. The molecule has 1 heterocycles. The van der Waals surface area contributed by atoms with E-state index in [0.717, 1.165) is 0 Å². The molecule has 122 valence electrons. The van der Waals surface area contributed by atoms with E-state index < -0.39 is 17.7 Å². The number of carboxylic acids is 1. The number of carbonyl (C=O) groups excluding carboxylic acids is 1. The third kappa shape index (κ3) is 4.57. The van der Waals surface area contributed by atoms with Gasteiger partial charge in [-0.15, -0.1) is 0 Å². The van der Waals surface area contributed by atoms with Crippen LogP contribution in [0.2, 0.25) is 0 Å². The van der Waals surface area contributed by atoms with Crippen LogP contribution in [0.15, 0.2) is 40.8 Å². The Morgan fingerprint density at radius 2 is 2.04 bits per heavy atom. The van der Waals surface area contributed by atoms with Gasteiger partial charge in [0.1, 0.15) is 17.7 Å². The molecule has 1 unspecified atom stereocenters. The highest BCUT2D eigenvalue weighted by Crippen LogP contribution is 2.15. The van der Waals surface area contributed by atoms with Crippen molar-refractivity contribution >= 4 is 11.9 Å². The zero-order valence-electron chi connectivity index (χ0n) is 12.4. The van der Waals surface area contributed by atoms with E-state index in [1.165, 1.54) is 30.3 Å². The second kappa shape index (κ2) is 7.44. The molecule has 1 atom stereocenters. The van der Waals surface area contributed by atoms with E-state index in [4.69, 9.17) is 14.3 Å². The molecule has 1 aromatic heterocycles. The van der Waals surface area contributed by atoms with E-state index in [9.17, 15) is 14.0 Å². The number of amides is 1. The number of ether oxygens (including phenoxy) is 1. The van der Waals surface area contributed by atoms with Gasteiger partial charge in [-0.05, 0) is 30.7 Å². The topological polar surface area (TPSA) is 88.8 Å². The van der Waals surface area contributed by atoms with Crippen molar-refractivity contribution in [3.8, 4) is 5.75 Å². The molecule has 0 radical (unpaired) electrons. The summed E-state index contributed by atoms with van der Waals surface area (Å²) in [5.41, 5.74) is 0. The number of carbonyl (C=O) groups is 2. The van der Waals surface area contributed by atoms with Crippen LogP contribution in [0.25, 0.3) is 0 Å². The number of hydrogen-bond donors (Lipinski definition) is 2. The van der Waals surface area contributed by atoms with Crippen molar-refractivity contribution in [1.29, 1.82) is 0 Å². The van der Waals surface area contributed by atoms with Gasteiger partial charge in [-0.1, -0.05) is 13.0 Å². The molecule has 1 amide bonds. The number of benzene rings is 1. The van der Waals surface area contributed by atoms with Crippen LogP contribution in [0.5, 0.6) is 5.75 Å². The lowest BCUT2D eigenvalue weighted by atomic mass is 10.2. The van der Waals surface area contributed by atoms with Gasteiger partial charge in [-0.3, -0.25) is 4.79 Å². The Bertz CT molecular complexity index is 697. The lowest BCUT2D eigenvalue weighted by Crippen LogP contribution is -2.34. The monoisotopic (exact) mass is 321 g/mol. The van der Waals surface area contributed by atoms with Crippen LogP contribution >= 0.6 is 0 Å². The molecule has 0 aliphatic heterocycles.